The van der Waals surface area contributed by atoms with Crippen molar-refractivity contribution in [2.24, 2.45) is 0 Å². The fourth-order valence-corrected chi connectivity index (χ4v) is 3.47. The van der Waals surface area contributed by atoms with Crippen molar-refractivity contribution in [2.45, 2.75) is 0 Å². The van der Waals surface area contributed by atoms with Crippen molar-refractivity contribution in [3.63, 3.8) is 0 Å². The predicted molar refractivity (Wildman–Crippen MR) is 110 cm³/mol. The third-order valence-electron chi connectivity index (χ3n) is 3.81. The average Bonchev–Trinajstić information content (AvgIpc) is 2.66. The molecule has 1 N–H and O–H groups in total. The van der Waals surface area contributed by atoms with Crippen LogP contribution in [0.3, 0.4) is 0 Å². The maximum atomic E-state index is 14.2. The molecule has 1 aliphatic heterocycles. The molecule has 0 bridgehead atoms. The Morgan fingerprint density at radius 3 is 2.52 bits per heavy atom. The van der Waals surface area contributed by atoms with E-state index in [1.807, 2.05) is 0 Å². The van der Waals surface area contributed by atoms with E-state index >= 15 is 0 Å². The quantitative estimate of drug-likeness (QED) is 0.435. The van der Waals surface area contributed by atoms with Crippen molar-refractivity contribution in [3.05, 3.63) is 63.4 Å². The molecular formula is C19H10Cl2FN3O3S. The Morgan fingerprint density at radius 2 is 1.90 bits per heavy atom. The summed E-state index contributed by atoms with van der Waals surface area (Å²) in [5.41, 5.74) is -0.0616. The molecule has 6 nitrogen and oxygen atoms in total. The number of para-hydroxylation sites is 1. The minimum Gasteiger partial charge on any atom is -0.476 e. The summed E-state index contributed by atoms with van der Waals surface area (Å²) in [5.74, 6) is -2.13. The van der Waals surface area contributed by atoms with Gasteiger partial charge in [-0.3, -0.25) is 14.9 Å². The van der Waals surface area contributed by atoms with Gasteiger partial charge in [-0.05, 0) is 48.1 Å². The number of ether oxygens (including phenoxy) is 1. The van der Waals surface area contributed by atoms with Gasteiger partial charge in [-0.1, -0.05) is 35.3 Å². The average molecular weight is 450 g/mol. The molecule has 10 heteroatoms. The highest BCUT2D eigenvalue weighted by atomic mass is 35.5. The first-order valence-corrected chi connectivity index (χ1v) is 9.14. The number of nitriles is 1. The molecule has 1 heterocycles. The highest BCUT2D eigenvalue weighted by Gasteiger charge is 2.35. The second-order valence-corrected chi connectivity index (χ2v) is 6.87. The summed E-state index contributed by atoms with van der Waals surface area (Å²) in [4.78, 5) is 26.1. The number of rotatable bonds is 4. The van der Waals surface area contributed by atoms with Crippen LogP contribution in [0.2, 0.25) is 10.0 Å². The third kappa shape index (κ3) is 4.22. The van der Waals surface area contributed by atoms with Crippen LogP contribution in [0.5, 0.6) is 5.75 Å². The largest absolute Gasteiger partial charge is 0.476 e. The van der Waals surface area contributed by atoms with Crippen molar-refractivity contribution in [1.82, 2.24) is 5.32 Å². The minimum atomic E-state index is -0.805. The van der Waals surface area contributed by atoms with E-state index in [1.165, 1.54) is 42.5 Å². The topological polar surface area (TPSA) is 82.4 Å². The van der Waals surface area contributed by atoms with E-state index in [9.17, 15) is 14.0 Å². The summed E-state index contributed by atoms with van der Waals surface area (Å²) in [5, 5.41) is 10.9. The number of nitrogens with one attached hydrogen (secondary N) is 1. The molecular weight excluding hydrogens is 440 g/mol. The standard InChI is InChI=1S/C19H10Cl2FN3O3S/c20-12-8-10(9-13(21)16(12)28-6-5-23)7-11-17(26)24-19(29)25(18(11)27)15-4-2-1-3-14(15)22/h1-4,7-9H,6H2,(H,24,26,29)/b11-7+. The second-order valence-electron chi connectivity index (χ2n) is 5.67. The number of hydrogen-bond donors (Lipinski definition) is 1. The highest BCUT2D eigenvalue weighted by Crippen LogP contribution is 2.35. The Labute approximate surface area is 180 Å². The highest BCUT2D eigenvalue weighted by molar-refractivity contribution is 7.80. The lowest BCUT2D eigenvalue weighted by atomic mass is 10.1. The number of thiocarbonyl (C=S) groups is 1. The van der Waals surface area contributed by atoms with Crippen molar-refractivity contribution in [3.8, 4) is 11.8 Å². The monoisotopic (exact) mass is 449 g/mol. The first-order valence-electron chi connectivity index (χ1n) is 7.98. The van der Waals surface area contributed by atoms with Crippen LogP contribution >= 0.6 is 35.4 Å². The maximum Gasteiger partial charge on any atom is 0.270 e. The van der Waals surface area contributed by atoms with E-state index in [4.69, 9.17) is 45.4 Å². The molecule has 0 unspecified atom stereocenters. The van der Waals surface area contributed by atoms with Gasteiger partial charge in [-0.2, -0.15) is 5.26 Å². The maximum absolute atomic E-state index is 14.2. The van der Waals surface area contributed by atoms with Gasteiger partial charge in [0, 0.05) is 0 Å². The van der Waals surface area contributed by atoms with Crippen LogP contribution in [0.1, 0.15) is 5.56 Å². The Morgan fingerprint density at radius 1 is 1.24 bits per heavy atom. The van der Waals surface area contributed by atoms with Gasteiger partial charge in [0.05, 0.1) is 15.7 Å². The number of nitrogens with zero attached hydrogens (tertiary/aromatic N) is 2. The summed E-state index contributed by atoms with van der Waals surface area (Å²) < 4.78 is 19.3. The van der Waals surface area contributed by atoms with Crippen molar-refractivity contribution < 1.29 is 18.7 Å². The molecule has 29 heavy (non-hydrogen) atoms. The number of halogens is 3. The first-order chi connectivity index (χ1) is 13.8. The second kappa shape index (κ2) is 8.57. The fourth-order valence-electron chi connectivity index (χ4n) is 2.58. The van der Waals surface area contributed by atoms with Gasteiger partial charge in [0.1, 0.15) is 17.5 Å². The van der Waals surface area contributed by atoms with Crippen LogP contribution in [0.4, 0.5) is 10.1 Å². The first kappa shape index (κ1) is 20.7. The fraction of sp³-hybridized carbons (Fsp3) is 0.0526. The smallest absolute Gasteiger partial charge is 0.270 e. The summed E-state index contributed by atoms with van der Waals surface area (Å²) >= 11 is 17.3. The number of carbonyl (C=O) groups is 2. The molecule has 0 atom stereocenters. The number of hydrogen-bond acceptors (Lipinski definition) is 5. The molecule has 146 valence electrons. The van der Waals surface area contributed by atoms with Gasteiger partial charge in [0.15, 0.2) is 17.5 Å². The van der Waals surface area contributed by atoms with Gasteiger partial charge in [0.2, 0.25) is 0 Å². The van der Waals surface area contributed by atoms with Crippen LogP contribution in [0.25, 0.3) is 6.08 Å². The van der Waals surface area contributed by atoms with Crippen molar-refractivity contribution >= 4 is 64.1 Å². The van der Waals surface area contributed by atoms with Crippen LogP contribution in [0, 0.1) is 17.1 Å². The predicted octanol–water partition coefficient (Wildman–Crippen LogP) is 3.87. The van der Waals surface area contributed by atoms with Crippen LogP contribution < -0.4 is 15.0 Å². The van der Waals surface area contributed by atoms with Crippen molar-refractivity contribution in [1.29, 1.82) is 5.26 Å². The zero-order chi connectivity index (χ0) is 21.1. The van der Waals surface area contributed by atoms with Crippen LogP contribution in [-0.2, 0) is 9.59 Å². The molecule has 0 radical (unpaired) electrons. The Balaban J connectivity index is 2.01. The van der Waals surface area contributed by atoms with E-state index in [-0.39, 0.29) is 38.8 Å². The third-order valence-corrected chi connectivity index (χ3v) is 4.65. The minimum absolute atomic E-state index is 0.0877. The Bertz CT molecular complexity index is 1090. The van der Waals surface area contributed by atoms with Gasteiger partial charge in [-0.15, -0.1) is 0 Å². The Kier molecular flexibility index (Phi) is 6.13. The van der Waals surface area contributed by atoms with E-state index < -0.39 is 17.6 Å². The Hall–Kier alpha value is -2.99. The van der Waals surface area contributed by atoms with E-state index in [0.29, 0.717) is 5.56 Å². The van der Waals surface area contributed by atoms with Crippen LogP contribution in [0.15, 0.2) is 42.0 Å². The van der Waals surface area contributed by atoms with Crippen LogP contribution in [-0.4, -0.2) is 23.5 Å². The van der Waals surface area contributed by atoms with Gasteiger partial charge >= 0.3 is 0 Å². The normalized spacial score (nSPS) is 15.3. The lowest BCUT2D eigenvalue weighted by molar-refractivity contribution is -0.122. The van der Waals surface area contributed by atoms with E-state index in [0.717, 1.165) is 4.90 Å². The number of benzene rings is 2. The summed E-state index contributed by atoms with van der Waals surface area (Å²) in [6.07, 6.45) is 1.25. The molecule has 1 aliphatic rings. The molecule has 2 aromatic rings. The van der Waals surface area contributed by atoms with E-state index in [1.54, 1.807) is 6.07 Å². The molecule has 3 rings (SSSR count). The summed E-state index contributed by atoms with van der Waals surface area (Å²) in [6, 6.07) is 10.2. The molecule has 2 aromatic carbocycles. The molecule has 0 aromatic heterocycles. The zero-order valence-electron chi connectivity index (χ0n) is 14.4. The number of anilines is 1. The van der Waals surface area contributed by atoms with Gasteiger partial charge in [0.25, 0.3) is 11.8 Å². The number of carbonyl (C=O) groups excluding carboxylic acids is 2. The molecule has 0 spiro atoms. The molecule has 1 fully saturated rings. The number of amides is 2. The van der Waals surface area contributed by atoms with Gasteiger partial charge in [-0.25, -0.2) is 9.29 Å². The van der Waals surface area contributed by atoms with Crippen molar-refractivity contribution in [2.75, 3.05) is 11.5 Å². The molecule has 1 saturated heterocycles. The lowest BCUT2D eigenvalue weighted by Gasteiger charge is -2.29. The molecule has 2 amide bonds. The lowest BCUT2D eigenvalue weighted by Crippen LogP contribution is -2.54. The zero-order valence-corrected chi connectivity index (χ0v) is 16.7. The SMILES string of the molecule is N#CCOc1c(Cl)cc(/C=C2\C(=O)NC(=S)N(c3ccccc3F)C2=O)cc1Cl. The molecule has 0 aliphatic carbocycles. The van der Waals surface area contributed by atoms with E-state index in [2.05, 4.69) is 5.32 Å². The summed E-state index contributed by atoms with van der Waals surface area (Å²) in [6.45, 7) is -0.254. The van der Waals surface area contributed by atoms with Gasteiger partial charge < -0.3 is 4.74 Å². The molecule has 0 saturated carbocycles. The summed E-state index contributed by atoms with van der Waals surface area (Å²) in [7, 11) is 0.